The second-order valence-corrected chi connectivity index (χ2v) is 11.9. The van der Waals surface area contributed by atoms with Crippen LogP contribution in [0, 0.1) is 5.82 Å². The Kier molecular flexibility index (Phi) is 8.98. The van der Waals surface area contributed by atoms with Gasteiger partial charge in [-0.3, -0.25) is 14.5 Å². The molecule has 2 saturated heterocycles. The Balaban J connectivity index is 1.58. The van der Waals surface area contributed by atoms with Gasteiger partial charge in [-0.15, -0.1) is 0 Å². The predicted molar refractivity (Wildman–Crippen MR) is 163 cm³/mol. The summed E-state index contributed by atoms with van der Waals surface area (Å²) in [4.78, 5) is 40.9. The second kappa shape index (κ2) is 12.6. The Morgan fingerprint density at radius 1 is 1.00 bits per heavy atom. The molecule has 5 rings (SSSR count). The molecule has 3 aromatic rings. The first-order valence-corrected chi connectivity index (χ1v) is 14.7. The number of pyridine rings is 1. The minimum absolute atomic E-state index is 0.0344. The number of piperazine rings is 1. The lowest BCUT2D eigenvalue weighted by atomic mass is 10.0. The number of aryl methyl sites for hydroxylation is 1. The molecular weight excluding hydrogens is 575 g/mol. The molecule has 4 unspecified atom stereocenters. The number of hydrogen-bond donors (Lipinski definition) is 1. The third kappa shape index (κ3) is 6.43. The van der Waals surface area contributed by atoms with Gasteiger partial charge in [-0.1, -0.05) is 0 Å². The van der Waals surface area contributed by atoms with Crippen molar-refractivity contribution in [2.75, 3.05) is 48.3 Å². The average Bonchev–Trinajstić information content (AvgIpc) is 2.97. The lowest BCUT2D eigenvalue weighted by molar-refractivity contribution is -0.00571. The van der Waals surface area contributed by atoms with Gasteiger partial charge in [0.2, 0.25) is 5.95 Å². The van der Waals surface area contributed by atoms with Crippen molar-refractivity contribution >= 4 is 23.2 Å². The number of halogens is 3. The zero-order valence-corrected chi connectivity index (χ0v) is 25.7. The summed E-state index contributed by atoms with van der Waals surface area (Å²) >= 11 is 0. The Bertz CT molecular complexity index is 1580. The first kappa shape index (κ1) is 31.5. The number of anilines is 3. The van der Waals surface area contributed by atoms with Gasteiger partial charge in [0, 0.05) is 74.9 Å². The molecule has 1 amide bonds. The van der Waals surface area contributed by atoms with Gasteiger partial charge in [-0.25, -0.2) is 23.1 Å². The van der Waals surface area contributed by atoms with Gasteiger partial charge >= 0.3 is 0 Å². The molecule has 0 saturated carbocycles. The molecule has 2 fully saturated rings. The maximum atomic E-state index is 16.0. The van der Waals surface area contributed by atoms with Gasteiger partial charge in [0.25, 0.3) is 17.9 Å². The van der Waals surface area contributed by atoms with Crippen LogP contribution in [0.15, 0.2) is 41.5 Å². The molecule has 1 N–H and O–H groups in total. The topological polar surface area (TPSA) is 95.8 Å². The van der Waals surface area contributed by atoms with Gasteiger partial charge in [0.1, 0.15) is 5.82 Å². The SMILES string of the molecule is CC1CN(c2nccc(-c3cc(NC(=O)c4cn(C)c(=O)cc4C(F)F)c(N4CC(C)N(C)C(C)C4)cc3F)n2)CC(C)O1. The van der Waals surface area contributed by atoms with Crippen LogP contribution in [0.25, 0.3) is 11.3 Å². The van der Waals surface area contributed by atoms with Crippen LogP contribution in [0.3, 0.4) is 0 Å². The first-order chi connectivity index (χ1) is 20.8. The van der Waals surface area contributed by atoms with E-state index in [0.29, 0.717) is 43.5 Å². The highest BCUT2D eigenvalue weighted by atomic mass is 19.3. The third-order valence-electron chi connectivity index (χ3n) is 8.40. The first-order valence-electron chi connectivity index (χ1n) is 14.7. The quantitative estimate of drug-likeness (QED) is 0.440. The van der Waals surface area contributed by atoms with Crippen LogP contribution in [0.4, 0.5) is 30.5 Å². The van der Waals surface area contributed by atoms with Crippen LogP contribution in [0.2, 0.25) is 0 Å². The lowest BCUT2D eigenvalue weighted by Gasteiger charge is -2.44. The van der Waals surface area contributed by atoms with E-state index in [1.807, 2.05) is 30.7 Å². The second-order valence-electron chi connectivity index (χ2n) is 11.9. The molecule has 1 aromatic carbocycles. The van der Waals surface area contributed by atoms with Gasteiger partial charge < -0.3 is 24.4 Å². The van der Waals surface area contributed by atoms with Crippen molar-refractivity contribution in [2.45, 2.75) is 58.4 Å². The number of ether oxygens (including phenoxy) is 1. The van der Waals surface area contributed by atoms with Crippen LogP contribution in [0.1, 0.15) is 50.0 Å². The van der Waals surface area contributed by atoms with E-state index in [4.69, 9.17) is 4.74 Å². The molecular formula is C31H38F3N7O3. The van der Waals surface area contributed by atoms with E-state index in [1.54, 1.807) is 12.3 Å². The number of carbonyl (C=O) groups is 1. The number of nitrogens with one attached hydrogen (secondary N) is 1. The summed E-state index contributed by atoms with van der Waals surface area (Å²) in [6.45, 7) is 10.3. The van der Waals surface area contributed by atoms with E-state index in [0.717, 1.165) is 16.8 Å². The summed E-state index contributed by atoms with van der Waals surface area (Å²) in [5, 5.41) is 2.75. The van der Waals surface area contributed by atoms with Crippen molar-refractivity contribution in [3.05, 3.63) is 64.0 Å². The molecule has 2 aliphatic heterocycles. The van der Waals surface area contributed by atoms with Crippen LogP contribution in [-0.2, 0) is 11.8 Å². The van der Waals surface area contributed by atoms with Crippen molar-refractivity contribution in [2.24, 2.45) is 7.05 Å². The highest BCUT2D eigenvalue weighted by Crippen LogP contribution is 2.36. The summed E-state index contributed by atoms with van der Waals surface area (Å²) in [5.41, 5.74) is -0.614. The van der Waals surface area contributed by atoms with E-state index < -0.39 is 29.3 Å². The molecule has 4 heterocycles. The van der Waals surface area contributed by atoms with Crippen LogP contribution in [0.5, 0.6) is 0 Å². The van der Waals surface area contributed by atoms with Gasteiger partial charge in [0.05, 0.1) is 34.8 Å². The largest absolute Gasteiger partial charge is 0.372 e. The molecule has 236 valence electrons. The third-order valence-corrected chi connectivity index (χ3v) is 8.40. The number of alkyl halides is 2. The van der Waals surface area contributed by atoms with Crippen molar-refractivity contribution < 1.29 is 22.7 Å². The van der Waals surface area contributed by atoms with Gasteiger partial charge in [0.15, 0.2) is 0 Å². The maximum absolute atomic E-state index is 16.0. The molecule has 0 bridgehead atoms. The molecule has 44 heavy (non-hydrogen) atoms. The molecule has 2 aliphatic rings. The Hall–Kier alpha value is -3.97. The molecule has 4 atom stereocenters. The fourth-order valence-electron chi connectivity index (χ4n) is 5.92. The van der Waals surface area contributed by atoms with Gasteiger partial charge in [-0.2, -0.15) is 0 Å². The Morgan fingerprint density at radius 2 is 1.66 bits per heavy atom. The van der Waals surface area contributed by atoms with Crippen LogP contribution < -0.4 is 20.7 Å². The lowest BCUT2D eigenvalue weighted by Crippen LogP contribution is -2.55. The van der Waals surface area contributed by atoms with Crippen molar-refractivity contribution in [1.82, 2.24) is 19.4 Å². The van der Waals surface area contributed by atoms with Crippen molar-refractivity contribution in [3.63, 3.8) is 0 Å². The smallest absolute Gasteiger partial charge is 0.264 e. The number of morpholine rings is 1. The molecule has 10 nitrogen and oxygen atoms in total. The molecule has 0 spiro atoms. The van der Waals surface area contributed by atoms with Crippen molar-refractivity contribution in [3.8, 4) is 11.3 Å². The Morgan fingerprint density at radius 3 is 2.30 bits per heavy atom. The zero-order chi connectivity index (χ0) is 31.9. The van der Waals surface area contributed by atoms with Crippen LogP contribution in [-0.4, -0.2) is 82.9 Å². The normalized spacial score (nSPS) is 22.9. The standard InChI is InChI=1S/C31H38F3N7O3/c1-17-12-40(13-18(2)39(17)6)27-11-24(32)22(25-7-8-35-31(37-25)41-14-19(3)44-20(4)15-41)9-26(27)36-30(43)23-16-38(5)28(42)10-21(23)29(33)34/h7-11,16-20,29H,12-15H2,1-6H3,(H,36,43). The van der Waals surface area contributed by atoms with Gasteiger partial charge in [-0.05, 0) is 52.9 Å². The fraction of sp³-hybridized carbons (Fsp3) is 0.484. The summed E-state index contributed by atoms with van der Waals surface area (Å²) in [6, 6.07) is 5.43. The number of aromatic nitrogens is 3. The molecule has 13 heteroatoms. The molecule has 0 aliphatic carbocycles. The number of likely N-dealkylation sites (N-methyl/N-ethyl adjacent to an activating group) is 1. The number of nitrogens with zero attached hydrogens (tertiary/aromatic N) is 6. The Labute approximate surface area is 254 Å². The number of rotatable bonds is 6. The summed E-state index contributed by atoms with van der Waals surface area (Å²) in [6.07, 6.45) is -0.473. The summed E-state index contributed by atoms with van der Waals surface area (Å²) in [7, 11) is 3.40. The predicted octanol–water partition coefficient (Wildman–Crippen LogP) is 4.31. The number of amides is 1. The minimum atomic E-state index is -3.04. The minimum Gasteiger partial charge on any atom is -0.372 e. The number of benzene rings is 1. The fourth-order valence-corrected chi connectivity index (χ4v) is 5.92. The summed E-state index contributed by atoms with van der Waals surface area (Å²) < 4.78 is 50.7. The number of hydrogen-bond acceptors (Lipinski definition) is 8. The maximum Gasteiger partial charge on any atom is 0.264 e. The average molecular weight is 614 g/mol. The molecule has 2 aromatic heterocycles. The number of carbonyl (C=O) groups excluding carboxylic acids is 1. The van der Waals surface area contributed by atoms with Crippen molar-refractivity contribution in [1.29, 1.82) is 0 Å². The molecule has 0 radical (unpaired) electrons. The summed E-state index contributed by atoms with van der Waals surface area (Å²) in [5.74, 6) is -0.974. The zero-order valence-electron chi connectivity index (χ0n) is 25.7. The van der Waals surface area contributed by atoms with Crippen LogP contribution >= 0.6 is 0 Å². The van der Waals surface area contributed by atoms with E-state index in [1.165, 1.54) is 19.2 Å². The highest BCUT2D eigenvalue weighted by molar-refractivity contribution is 6.07. The van der Waals surface area contributed by atoms with E-state index in [-0.39, 0.29) is 41.1 Å². The monoisotopic (exact) mass is 613 g/mol. The van der Waals surface area contributed by atoms with E-state index >= 15 is 4.39 Å². The highest BCUT2D eigenvalue weighted by Gasteiger charge is 2.30. The van der Waals surface area contributed by atoms with E-state index in [2.05, 4.69) is 34.0 Å². The van der Waals surface area contributed by atoms with E-state index in [9.17, 15) is 18.4 Å².